The minimum absolute atomic E-state index is 0.173. The minimum Gasteiger partial charge on any atom is -0.454 e. The second-order valence-electron chi connectivity index (χ2n) is 5.81. The molecule has 0 radical (unpaired) electrons. The Morgan fingerprint density at radius 2 is 1.88 bits per heavy atom. The number of furan rings is 1. The van der Waals surface area contributed by atoms with E-state index in [9.17, 15) is 4.79 Å². The van der Waals surface area contributed by atoms with E-state index in [1.165, 1.54) is 6.08 Å². The van der Waals surface area contributed by atoms with E-state index in [1.54, 1.807) is 17.8 Å². The van der Waals surface area contributed by atoms with Gasteiger partial charge in [-0.15, -0.1) is 0 Å². The Bertz CT molecular complexity index is 1060. The molecule has 0 saturated carbocycles. The summed E-state index contributed by atoms with van der Waals surface area (Å²) in [5.74, 6) is 0.491. The first-order valence-corrected chi connectivity index (χ1v) is 8.28. The van der Waals surface area contributed by atoms with Crippen LogP contribution in [0, 0.1) is 0 Å². The van der Waals surface area contributed by atoms with Gasteiger partial charge in [0.05, 0.1) is 5.69 Å². The molecule has 5 nitrogen and oxygen atoms in total. The number of benzene rings is 2. The Morgan fingerprint density at radius 1 is 1.12 bits per heavy atom. The topological polar surface area (TPSA) is 60.1 Å². The highest BCUT2D eigenvalue weighted by molar-refractivity contribution is 5.93. The van der Waals surface area contributed by atoms with Gasteiger partial charge < -0.3 is 9.73 Å². The zero-order chi connectivity index (χ0) is 17.9. The van der Waals surface area contributed by atoms with E-state index in [0.717, 1.165) is 22.2 Å². The molecule has 0 aliphatic carbocycles. The van der Waals surface area contributed by atoms with E-state index in [0.29, 0.717) is 11.5 Å². The summed E-state index contributed by atoms with van der Waals surface area (Å²) < 4.78 is 7.75. The molecule has 0 bridgehead atoms. The third-order valence-electron chi connectivity index (χ3n) is 4.08. The molecular formula is C21H17N3O2. The van der Waals surface area contributed by atoms with Gasteiger partial charge in [0.25, 0.3) is 0 Å². The molecule has 1 amide bonds. The van der Waals surface area contributed by atoms with Gasteiger partial charge >= 0.3 is 0 Å². The Labute approximate surface area is 150 Å². The molecule has 26 heavy (non-hydrogen) atoms. The van der Waals surface area contributed by atoms with Crippen molar-refractivity contribution in [2.75, 3.05) is 7.05 Å². The smallest absolute Gasteiger partial charge is 0.243 e. The number of rotatable bonds is 4. The molecule has 128 valence electrons. The van der Waals surface area contributed by atoms with Crippen LogP contribution < -0.4 is 5.32 Å². The van der Waals surface area contributed by atoms with Crippen LogP contribution in [0.4, 0.5) is 0 Å². The number of nitrogens with one attached hydrogen (secondary N) is 1. The van der Waals surface area contributed by atoms with Crippen LogP contribution in [0.15, 0.2) is 77.4 Å². The lowest BCUT2D eigenvalue weighted by Crippen LogP contribution is -2.13. The molecule has 0 unspecified atom stereocenters. The van der Waals surface area contributed by atoms with E-state index in [-0.39, 0.29) is 5.91 Å². The van der Waals surface area contributed by atoms with Gasteiger partial charge in [-0.2, -0.15) is 5.10 Å². The summed E-state index contributed by atoms with van der Waals surface area (Å²) in [6.45, 7) is 0. The fourth-order valence-electron chi connectivity index (χ4n) is 2.76. The maximum Gasteiger partial charge on any atom is 0.243 e. The maximum absolute atomic E-state index is 11.6. The van der Waals surface area contributed by atoms with Crippen LogP contribution in [0.3, 0.4) is 0 Å². The van der Waals surface area contributed by atoms with Crippen LogP contribution in [-0.4, -0.2) is 22.7 Å². The van der Waals surface area contributed by atoms with Crippen molar-refractivity contribution in [3.63, 3.8) is 0 Å². The molecule has 2 aromatic carbocycles. The summed E-state index contributed by atoms with van der Waals surface area (Å²) in [6.07, 6.45) is 5.11. The third kappa shape index (κ3) is 3.02. The molecule has 0 atom stereocenters. The van der Waals surface area contributed by atoms with Gasteiger partial charge in [-0.1, -0.05) is 36.4 Å². The normalized spacial score (nSPS) is 11.3. The number of fused-ring (bicyclic) bond motifs is 1. The summed E-state index contributed by atoms with van der Waals surface area (Å²) in [5, 5.41) is 8.28. The number of likely N-dealkylation sites (N-methyl/N-ethyl adjacent to an activating group) is 1. The Hall–Kier alpha value is -3.60. The quantitative estimate of drug-likeness (QED) is 0.569. The van der Waals surface area contributed by atoms with Crippen molar-refractivity contribution < 1.29 is 9.21 Å². The second-order valence-corrected chi connectivity index (χ2v) is 5.81. The number of para-hydroxylation sites is 2. The number of hydrogen-bond acceptors (Lipinski definition) is 3. The van der Waals surface area contributed by atoms with Crippen molar-refractivity contribution in [1.82, 2.24) is 15.1 Å². The molecule has 0 saturated heterocycles. The van der Waals surface area contributed by atoms with Crippen LogP contribution in [-0.2, 0) is 4.79 Å². The summed E-state index contributed by atoms with van der Waals surface area (Å²) in [4.78, 5) is 11.6. The van der Waals surface area contributed by atoms with Crippen molar-refractivity contribution in [2.45, 2.75) is 0 Å². The predicted molar refractivity (Wildman–Crippen MR) is 102 cm³/mol. The van der Waals surface area contributed by atoms with E-state index in [2.05, 4.69) is 10.4 Å². The van der Waals surface area contributed by atoms with Crippen LogP contribution in [0.2, 0.25) is 0 Å². The molecule has 0 fully saturated rings. The van der Waals surface area contributed by atoms with Crippen LogP contribution in [0.5, 0.6) is 0 Å². The molecule has 4 aromatic rings. The average Bonchev–Trinajstić information content (AvgIpc) is 3.30. The van der Waals surface area contributed by atoms with Crippen molar-refractivity contribution in [2.24, 2.45) is 0 Å². The fourth-order valence-corrected chi connectivity index (χ4v) is 2.76. The van der Waals surface area contributed by atoms with Gasteiger partial charge in [0.1, 0.15) is 11.3 Å². The molecule has 0 aliphatic heterocycles. The molecule has 1 N–H and O–H groups in total. The number of amides is 1. The number of nitrogens with zero attached hydrogens (tertiary/aromatic N) is 2. The molecule has 2 aromatic heterocycles. The standard InChI is InChI=1S/C21H17N3O2/c1-22-20(25)12-11-16-14-24(17-8-3-2-4-9-17)23-21(16)19-13-15-7-5-6-10-18(15)26-19/h2-14H,1H3,(H,22,25)/b12-11+. The van der Waals surface area contributed by atoms with Crippen molar-refractivity contribution in [3.05, 3.63) is 78.5 Å². The van der Waals surface area contributed by atoms with E-state index in [4.69, 9.17) is 4.42 Å². The Kier molecular flexibility index (Phi) is 4.11. The van der Waals surface area contributed by atoms with Crippen LogP contribution in [0.1, 0.15) is 5.56 Å². The highest BCUT2D eigenvalue weighted by Crippen LogP contribution is 2.30. The first kappa shape index (κ1) is 15.9. The number of hydrogen-bond donors (Lipinski definition) is 1. The van der Waals surface area contributed by atoms with Gasteiger partial charge in [0, 0.05) is 30.3 Å². The number of aromatic nitrogens is 2. The second kappa shape index (κ2) is 6.72. The highest BCUT2D eigenvalue weighted by Gasteiger charge is 2.15. The van der Waals surface area contributed by atoms with Crippen molar-refractivity contribution in [3.8, 4) is 17.1 Å². The fraction of sp³-hybridized carbons (Fsp3) is 0.0476. The molecule has 0 aliphatic rings. The minimum atomic E-state index is -0.173. The monoisotopic (exact) mass is 343 g/mol. The Balaban J connectivity index is 1.84. The van der Waals surface area contributed by atoms with Gasteiger partial charge in [0.2, 0.25) is 5.91 Å². The lowest BCUT2D eigenvalue weighted by atomic mass is 10.2. The zero-order valence-electron chi connectivity index (χ0n) is 14.2. The molecule has 0 spiro atoms. The van der Waals surface area contributed by atoms with Gasteiger partial charge in [0.15, 0.2) is 5.76 Å². The van der Waals surface area contributed by atoms with Crippen molar-refractivity contribution in [1.29, 1.82) is 0 Å². The van der Waals surface area contributed by atoms with E-state index < -0.39 is 0 Å². The average molecular weight is 343 g/mol. The first-order valence-electron chi connectivity index (χ1n) is 8.28. The van der Waals surface area contributed by atoms with Crippen LogP contribution in [0.25, 0.3) is 34.2 Å². The maximum atomic E-state index is 11.6. The molecule has 5 heteroatoms. The largest absolute Gasteiger partial charge is 0.454 e. The summed E-state index contributed by atoms with van der Waals surface area (Å²) in [5.41, 5.74) is 3.23. The lowest BCUT2D eigenvalue weighted by Gasteiger charge is -1.98. The third-order valence-corrected chi connectivity index (χ3v) is 4.08. The summed E-state index contributed by atoms with van der Waals surface area (Å²) >= 11 is 0. The van der Waals surface area contributed by atoms with Gasteiger partial charge in [-0.3, -0.25) is 4.79 Å². The van der Waals surface area contributed by atoms with Gasteiger partial charge in [-0.25, -0.2) is 4.68 Å². The number of carbonyl (C=O) groups is 1. The molecule has 4 rings (SSSR count). The van der Waals surface area contributed by atoms with Gasteiger partial charge in [-0.05, 0) is 30.3 Å². The van der Waals surface area contributed by atoms with Crippen molar-refractivity contribution >= 4 is 23.0 Å². The summed E-state index contributed by atoms with van der Waals surface area (Å²) in [6, 6.07) is 19.6. The summed E-state index contributed by atoms with van der Waals surface area (Å²) in [7, 11) is 1.60. The van der Waals surface area contributed by atoms with Crippen LogP contribution >= 0.6 is 0 Å². The molecular weight excluding hydrogens is 326 g/mol. The zero-order valence-corrected chi connectivity index (χ0v) is 14.2. The van der Waals surface area contributed by atoms with E-state index >= 15 is 0 Å². The first-order chi connectivity index (χ1) is 12.7. The van der Waals surface area contributed by atoms with E-state index in [1.807, 2.05) is 66.9 Å². The SMILES string of the molecule is CNC(=O)/C=C/c1cn(-c2ccccc2)nc1-c1cc2ccccc2o1. The number of carbonyl (C=O) groups excluding carboxylic acids is 1. The highest BCUT2D eigenvalue weighted by atomic mass is 16.3. The lowest BCUT2D eigenvalue weighted by molar-refractivity contribution is -0.115. The Morgan fingerprint density at radius 3 is 2.65 bits per heavy atom. The predicted octanol–water partition coefficient (Wildman–Crippen LogP) is 4.04. The molecule has 2 heterocycles.